The van der Waals surface area contributed by atoms with Crippen LogP contribution in [0, 0.1) is 11.8 Å². The van der Waals surface area contributed by atoms with Crippen molar-refractivity contribution in [1.82, 2.24) is 0 Å². The molecule has 3 aromatic carbocycles. The van der Waals surface area contributed by atoms with Crippen molar-refractivity contribution in [2.75, 3.05) is 19.1 Å². The number of aliphatic carboxylic acids is 1. The molecule has 0 atom stereocenters. The molecule has 0 aliphatic heterocycles. The van der Waals surface area contributed by atoms with Crippen molar-refractivity contribution in [1.29, 1.82) is 0 Å². The van der Waals surface area contributed by atoms with Crippen molar-refractivity contribution < 1.29 is 14.6 Å². The molecule has 0 fully saturated rings. The summed E-state index contributed by atoms with van der Waals surface area (Å²) in [5, 5.41) is 10.4. The number of fused-ring (bicyclic) bond motifs is 1. The van der Waals surface area contributed by atoms with E-state index in [0.29, 0.717) is 0 Å². The smallest absolute Gasteiger partial charge is 0.331 e. The van der Waals surface area contributed by atoms with Crippen molar-refractivity contribution in [2.24, 2.45) is 0 Å². The number of hydrogen-bond donors (Lipinski definition) is 1. The highest BCUT2D eigenvalue weighted by Crippen LogP contribution is 2.21. The molecule has 0 unspecified atom stereocenters. The van der Waals surface area contributed by atoms with Gasteiger partial charge in [0.05, 0.1) is 25.0 Å². The molecule has 0 bridgehead atoms. The van der Waals surface area contributed by atoms with E-state index in [4.69, 9.17) is 5.11 Å². The maximum Gasteiger partial charge on any atom is 0.331 e. The third-order valence-corrected chi connectivity index (χ3v) is 4.59. The monoisotopic (exact) mass is 401 g/mol. The summed E-state index contributed by atoms with van der Waals surface area (Å²) in [4.78, 5) is 11.8. The van der Waals surface area contributed by atoms with Crippen molar-refractivity contribution in [3.8, 4) is 11.8 Å². The molecule has 0 aliphatic carbocycles. The van der Waals surface area contributed by atoms with Crippen molar-refractivity contribution in [2.45, 2.75) is 19.4 Å². The Labute approximate surface area is 178 Å². The fourth-order valence-electron chi connectivity index (χ4n) is 2.68. The normalized spacial score (nSPS) is 10.5. The number of carboxylic acid groups (broad SMARTS) is 1. The van der Waals surface area contributed by atoms with Crippen LogP contribution >= 0.6 is 0 Å². The number of rotatable bonds is 4. The van der Waals surface area contributed by atoms with Crippen LogP contribution < -0.4 is 4.90 Å². The van der Waals surface area contributed by atoms with Crippen LogP contribution in [0.25, 0.3) is 10.8 Å². The van der Waals surface area contributed by atoms with Gasteiger partial charge in [0, 0.05) is 18.3 Å². The van der Waals surface area contributed by atoms with Crippen LogP contribution in [0.3, 0.4) is 0 Å². The van der Waals surface area contributed by atoms with Gasteiger partial charge in [0.25, 0.3) is 0 Å². The van der Waals surface area contributed by atoms with E-state index in [1.165, 1.54) is 23.6 Å². The van der Waals surface area contributed by atoms with E-state index < -0.39 is 5.97 Å². The number of anilines is 1. The second-order valence-electron chi connectivity index (χ2n) is 7.14. The molecule has 0 radical (unpaired) electrons. The van der Waals surface area contributed by atoms with E-state index in [1.807, 2.05) is 6.07 Å². The molecule has 3 aromatic rings. The van der Waals surface area contributed by atoms with Crippen LogP contribution in [-0.4, -0.2) is 30.8 Å². The van der Waals surface area contributed by atoms with Gasteiger partial charge >= 0.3 is 5.97 Å². The average Bonchev–Trinajstić information content (AvgIpc) is 2.76. The van der Waals surface area contributed by atoms with Crippen molar-refractivity contribution in [3.05, 3.63) is 90.7 Å². The molecule has 1 N–H and O–H groups in total. The Morgan fingerprint density at radius 1 is 1.00 bits per heavy atom. The summed E-state index contributed by atoms with van der Waals surface area (Å²) >= 11 is 0. The summed E-state index contributed by atoms with van der Waals surface area (Å²) in [7, 11) is 3.48. The van der Waals surface area contributed by atoms with Crippen LogP contribution in [-0.2, 0) is 9.53 Å². The first-order valence-electron chi connectivity index (χ1n) is 9.56. The lowest BCUT2D eigenvalue weighted by Gasteiger charge is -2.33. The van der Waals surface area contributed by atoms with Crippen LogP contribution in [0.5, 0.6) is 0 Å². The molecular weight excluding hydrogens is 374 g/mol. The summed E-state index contributed by atoms with van der Waals surface area (Å²) in [6.07, 6.45) is 2.02. The van der Waals surface area contributed by atoms with E-state index in [0.717, 1.165) is 17.9 Å². The Balaban J connectivity index is 0.000000396. The molecule has 0 spiro atoms. The maximum atomic E-state index is 9.59. The first kappa shape index (κ1) is 22.6. The zero-order chi connectivity index (χ0) is 22.0. The van der Waals surface area contributed by atoms with Gasteiger partial charge in [-0.25, -0.2) is 4.79 Å². The van der Waals surface area contributed by atoms with E-state index in [-0.39, 0.29) is 5.54 Å². The summed E-state index contributed by atoms with van der Waals surface area (Å²) in [5.74, 6) is 5.75. The standard InChI is InChI=1S/C22H21N.C4H6O3/c1-22(2,23(3)21-11-5-4-6-12-21)16-15-18-13-14-19-9-7-8-10-20(19)17-18;1-7-3-2-4(5)6/h4-14,17H,1-3H3;2-3H,1H3,(H,5,6). The van der Waals surface area contributed by atoms with Gasteiger partial charge in [-0.3, -0.25) is 0 Å². The summed E-state index contributed by atoms with van der Waals surface area (Å²) in [5.41, 5.74) is 1.98. The second kappa shape index (κ2) is 10.7. The zero-order valence-electron chi connectivity index (χ0n) is 17.8. The Morgan fingerprint density at radius 3 is 2.23 bits per heavy atom. The summed E-state index contributed by atoms with van der Waals surface area (Å²) in [6.45, 7) is 4.29. The SMILES string of the molecule is CN(c1ccccc1)C(C)(C)C#Cc1ccc2ccccc2c1.COC=CC(=O)O. The fraction of sp³-hybridized carbons (Fsp3) is 0.192. The molecule has 154 valence electrons. The lowest BCUT2D eigenvalue weighted by atomic mass is 10.0. The predicted molar refractivity (Wildman–Crippen MR) is 124 cm³/mol. The molecule has 4 nitrogen and oxygen atoms in total. The predicted octanol–water partition coefficient (Wildman–Crippen LogP) is 5.34. The highest BCUT2D eigenvalue weighted by Gasteiger charge is 2.20. The molecule has 4 heteroatoms. The quantitative estimate of drug-likeness (QED) is 0.364. The molecule has 30 heavy (non-hydrogen) atoms. The highest BCUT2D eigenvalue weighted by molar-refractivity contribution is 5.83. The lowest BCUT2D eigenvalue weighted by molar-refractivity contribution is -0.131. The third kappa shape index (κ3) is 6.72. The number of benzene rings is 3. The van der Waals surface area contributed by atoms with E-state index >= 15 is 0 Å². The van der Waals surface area contributed by atoms with E-state index in [1.54, 1.807) is 0 Å². The van der Waals surface area contributed by atoms with E-state index in [2.05, 4.69) is 109 Å². The van der Waals surface area contributed by atoms with E-state index in [9.17, 15) is 4.79 Å². The molecule has 3 rings (SSSR count). The minimum atomic E-state index is -0.998. The minimum absolute atomic E-state index is 0.243. The highest BCUT2D eigenvalue weighted by atomic mass is 16.5. The minimum Gasteiger partial charge on any atom is -0.504 e. The number of ether oxygens (including phenoxy) is 1. The Kier molecular flexibility index (Phi) is 8.08. The molecule has 0 saturated carbocycles. The van der Waals surface area contributed by atoms with Crippen molar-refractivity contribution in [3.63, 3.8) is 0 Å². The van der Waals surface area contributed by atoms with Gasteiger partial charge in [-0.15, -0.1) is 0 Å². The van der Waals surface area contributed by atoms with Crippen LogP contribution in [0.2, 0.25) is 0 Å². The van der Waals surface area contributed by atoms with Gasteiger partial charge < -0.3 is 14.7 Å². The molecule has 0 aromatic heterocycles. The molecular formula is C26H27NO3. The number of methoxy groups -OCH3 is 1. The topological polar surface area (TPSA) is 49.8 Å². The average molecular weight is 402 g/mol. The summed E-state index contributed by atoms with van der Waals surface area (Å²) in [6, 6.07) is 25.1. The first-order chi connectivity index (χ1) is 14.3. The number of para-hydroxylation sites is 1. The second-order valence-corrected chi connectivity index (χ2v) is 7.14. The van der Waals surface area contributed by atoms with Gasteiger partial charge in [-0.05, 0) is 48.9 Å². The fourth-order valence-corrected chi connectivity index (χ4v) is 2.68. The first-order valence-corrected chi connectivity index (χ1v) is 9.56. The molecule has 0 aliphatic rings. The van der Waals surface area contributed by atoms with Gasteiger partial charge in [-0.1, -0.05) is 60.4 Å². The van der Waals surface area contributed by atoms with Gasteiger partial charge in [0.2, 0.25) is 0 Å². The van der Waals surface area contributed by atoms with Gasteiger partial charge in [-0.2, -0.15) is 0 Å². The third-order valence-electron chi connectivity index (χ3n) is 4.59. The number of hydrogen-bond acceptors (Lipinski definition) is 3. The lowest BCUT2D eigenvalue weighted by Crippen LogP contribution is -2.39. The number of carboxylic acids is 1. The zero-order valence-corrected chi connectivity index (χ0v) is 17.8. The molecule has 0 heterocycles. The van der Waals surface area contributed by atoms with Gasteiger partial charge in [0.1, 0.15) is 0 Å². The Hall–Kier alpha value is -3.71. The Bertz CT molecular complexity index is 1060. The number of nitrogens with zero attached hydrogens (tertiary/aromatic N) is 1. The maximum absolute atomic E-state index is 9.59. The van der Waals surface area contributed by atoms with Crippen LogP contribution in [0.15, 0.2) is 85.1 Å². The largest absolute Gasteiger partial charge is 0.504 e. The molecule has 0 amide bonds. The molecule has 0 saturated heterocycles. The van der Waals surface area contributed by atoms with Crippen molar-refractivity contribution >= 4 is 22.4 Å². The summed E-state index contributed by atoms with van der Waals surface area (Å²) < 4.78 is 4.29. The van der Waals surface area contributed by atoms with Gasteiger partial charge in [0.15, 0.2) is 0 Å². The van der Waals surface area contributed by atoms with Crippen LogP contribution in [0.4, 0.5) is 5.69 Å². The van der Waals surface area contributed by atoms with Crippen LogP contribution in [0.1, 0.15) is 19.4 Å². The Morgan fingerprint density at radius 2 is 1.63 bits per heavy atom. The number of carbonyl (C=O) groups is 1.